The summed E-state index contributed by atoms with van der Waals surface area (Å²) in [4.78, 5) is 18.4. The summed E-state index contributed by atoms with van der Waals surface area (Å²) >= 11 is 0. The number of carbonyl (C=O) groups is 1. The minimum Gasteiger partial charge on any atom is -0.480 e. The van der Waals surface area contributed by atoms with Crippen LogP contribution in [0.5, 0.6) is 0 Å². The molecule has 0 aliphatic rings. The van der Waals surface area contributed by atoms with Crippen LogP contribution in [0.3, 0.4) is 0 Å². The van der Waals surface area contributed by atoms with E-state index < -0.39 is 12.0 Å². The Labute approximate surface area is 81.2 Å². The molecule has 0 aliphatic heterocycles. The first kappa shape index (κ1) is 9.99. The molecule has 1 unspecified atom stereocenters. The lowest BCUT2D eigenvalue weighted by atomic mass is 10.2. The van der Waals surface area contributed by atoms with Crippen molar-refractivity contribution in [2.75, 3.05) is 5.32 Å². The van der Waals surface area contributed by atoms with Gasteiger partial charge in [-0.05, 0) is 0 Å². The second kappa shape index (κ2) is 4.82. The molecule has 0 spiro atoms. The molecule has 72 valence electrons. The number of hydrogen-bond acceptors (Lipinski definition) is 4. The zero-order chi connectivity index (χ0) is 10.4. The van der Waals surface area contributed by atoms with Gasteiger partial charge in [-0.2, -0.15) is 0 Å². The van der Waals surface area contributed by atoms with Crippen LogP contribution >= 0.6 is 0 Å². The Morgan fingerprint density at radius 1 is 1.71 bits per heavy atom. The maximum Gasteiger partial charge on any atom is 0.327 e. The Balaban J connectivity index is 2.66. The van der Waals surface area contributed by atoms with Gasteiger partial charge in [0, 0.05) is 18.8 Å². The van der Waals surface area contributed by atoms with Crippen LogP contribution in [-0.4, -0.2) is 27.1 Å². The number of terminal acetylenes is 1. The molecule has 14 heavy (non-hydrogen) atoms. The zero-order valence-corrected chi connectivity index (χ0v) is 7.34. The monoisotopic (exact) mass is 191 g/mol. The van der Waals surface area contributed by atoms with Gasteiger partial charge >= 0.3 is 5.97 Å². The minimum atomic E-state index is -1.01. The molecule has 0 saturated heterocycles. The van der Waals surface area contributed by atoms with Crippen molar-refractivity contribution in [1.82, 2.24) is 9.97 Å². The number of aromatic nitrogens is 2. The van der Waals surface area contributed by atoms with Crippen LogP contribution in [-0.2, 0) is 4.79 Å². The van der Waals surface area contributed by atoms with Crippen molar-refractivity contribution >= 4 is 11.8 Å². The third-order valence-corrected chi connectivity index (χ3v) is 1.51. The molecule has 5 heteroatoms. The smallest absolute Gasteiger partial charge is 0.327 e. The molecule has 0 amide bonds. The summed E-state index contributed by atoms with van der Waals surface area (Å²) in [6.07, 6.45) is 9.54. The molecule has 1 heterocycles. The topological polar surface area (TPSA) is 75.1 Å². The molecule has 1 aromatic heterocycles. The highest BCUT2D eigenvalue weighted by atomic mass is 16.4. The standard InChI is InChI=1S/C9H9N3O2/c1-2-3-7(9(13)14)12-8-6-10-4-5-11-8/h1,4-7H,3H2,(H,11,12)(H,13,14). The molecule has 0 radical (unpaired) electrons. The van der Waals surface area contributed by atoms with E-state index in [0.717, 1.165) is 0 Å². The normalized spacial score (nSPS) is 11.4. The quantitative estimate of drug-likeness (QED) is 0.672. The largest absolute Gasteiger partial charge is 0.480 e. The van der Waals surface area contributed by atoms with Gasteiger partial charge in [-0.15, -0.1) is 12.3 Å². The number of aliphatic carboxylic acids is 1. The Kier molecular flexibility index (Phi) is 3.44. The first-order chi connectivity index (χ1) is 6.74. The molecule has 1 rings (SSSR count). The number of hydrogen-bond donors (Lipinski definition) is 2. The Morgan fingerprint density at radius 3 is 3.00 bits per heavy atom. The third-order valence-electron chi connectivity index (χ3n) is 1.51. The molecule has 0 aliphatic carbocycles. The van der Waals surface area contributed by atoms with Crippen molar-refractivity contribution in [3.63, 3.8) is 0 Å². The van der Waals surface area contributed by atoms with E-state index in [1.165, 1.54) is 18.6 Å². The predicted molar refractivity (Wildman–Crippen MR) is 50.5 cm³/mol. The highest BCUT2D eigenvalue weighted by Crippen LogP contribution is 2.03. The highest BCUT2D eigenvalue weighted by Gasteiger charge is 2.15. The summed E-state index contributed by atoms with van der Waals surface area (Å²) in [5.74, 6) is 1.67. The fourth-order valence-corrected chi connectivity index (χ4v) is 0.870. The van der Waals surface area contributed by atoms with Crippen LogP contribution in [0.25, 0.3) is 0 Å². The number of nitrogens with one attached hydrogen (secondary N) is 1. The van der Waals surface area contributed by atoms with Crippen LogP contribution in [0.4, 0.5) is 5.82 Å². The number of anilines is 1. The molecule has 0 bridgehead atoms. The van der Waals surface area contributed by atoms with E-state index in [0.29, 0.717) is 5.82 Å². The third kappa shape index (κ3) is 2.75. The second-order valence-corrected chi connectivity index (χ2v) is 2.53. The van der Waals surface area contributed by atoms with Gasteiger partial charge in [-0.3, -0.25) is 4.98 Å². The summed E-state index contributed by atoms with van der Waals surface area (Å²) in [5.41, 5.74) is 0. The number of carboxylic acid groups (broad SMARTS) is 1. The van der Waals surface area contributed by atoms with Gasteiger partial charge in [-0.25, -0.2) is 9.78 Å². The summed E-state index contributed by atoms with van der Waals surface area (Å²) in [5, 5.41) is 11.4. The van der Waals surface area contributed by atoms with Crippen molar-refractivity contribution < 1.29 is 9.90 Å². The van der Waals surface area contributed by atoms with Gasteiger partial charge in [0.15, 0.2) is 0 Å². The van der Waals surface area contributed by atoms with E-state index in [2.05, 4.69) is 21.2 Å². The first-order valence-corrected chi connectivity index (χ1v) is 3.93. The minimum absolute atomic E-state index is 0.103. The zero-order valence-electron chi connectivity index (χ0n) is 7.34. The SMILES string of the molecule is C#CCC(Nc1cnccn1)C(=O)O. The van der Waals surface area contributed by atoms with Crippen LogP contribution in [0.1, 0.15) is 6.42 Å². The molecular weight excluding hydrogens is 182 g/mol. The molecule has 5 nitrogen and oxygen atoms in total. The van der Waals surface area contributed by atoms with E-state index in [-0.39, 0.29) is 6.42 Å². The molecule has 0 aromatic carbocycles. The van der Waals surface area contributed by atoms with Crippen molar-refractivity contribution in [2.45, 2.75) is 12.5 Å². The maximum absolute atomic E-state index is 10.7. The van der Waals surface area contributed by atoms with E-state index in [1.807, 2.05) is 0 Å². The van der Waals surface area contributed by atoms with Gasteiger partial charge in [0.25, 0.3) is 0 Å². The van der Waals surface area contributed by atoms with Gasteiger partial charge in [0.2, 0.25) is 0 Å². The van der Waals surface area contributed by atoms with Crippen molar-refractivity contribution in [3.05, 3.63) is 18.6 Å². The van der Waals surface area contributed by atoms with Crippen molar-refractivity contribution in [2.24, 2.45) is 0 Å². The van der Waals surface area contributed by atoms with Gasteiger partial charge < -0.3 is 10.4 Å². The van der Waals surface area contributed by atoms with Gasteiger partial charge in [-0.1, -0.05) is 0 Å². The molecule has 1 atom stereocenters. The van der Waals surface area contributed by atoms with Crippen LogP contribution in [0.2, 0.25) is 0 Å². The van der Waals surface area contributed by atoms with Crippen LogP contribution < -0.4 is 5.32 Å². The molecule has 2 N–H and O–H groups in total. The molecule has 1 aromatic rings. The Hall–Kier alpha value is -2.09. The lowest BCUT2D eigenvalue weighted by molar-refractivity contribution is -0.137. The molecule has 0 saturated carbocycles. The fourth-order valence-electron chi connectivity index (χ4n) is 0.870. The van der Waals surface area contributed by atoms with E-state index >= 15 is 0 Å². The van der Waals surface area contributed by atoms with Crippen molar-refractivity contribution in [1.29, 1.82) is 0 Å². The average Bonchev–Trinajstić information content (AvgIpc) is 2.18. The van der Waals surface area contributed by atoms with Crippen LogP contribution in [0.15, 0.2) is 18.6 Å². The van der Waals surface area contributed by atoms with Gasteiger partial charge in [0.1, 0.15) is 11.9 Å². The molecular formula is C9H9N3O2. The fraction of sp³-hybridized carbons (Fsp3) is 0.222. The lowest BCUT2D eigenvalue weighted by Crippen LogP contribution is -2.29. The lowest BCUT2D eigenvalue weighted by Gasteiger charge is -2.11. The average molecular weight is 191 g/mol. The first-order valence-electron chi connectivity index (χ1n) is 3.93. The van der Waals surface area contributed by atoms with E-state index in [4.69, 9.17) is 11.5 Å². The predicted octanol–water partition coefficient (Wildman–Crippen LogP) is 0.365. The summed E-state index contributed by atoms with van der Waals surface area (Å²) in [6, 6.07) is -0.823. The Morgan fingerprint density at radius 2 is 2.50 bits per heavy atom. The molecule has 0 fully saturated rings. The van der Waals surface area contributed by atoms with Crippen molar-refractivity contribution in [3.8, 4) is 12.3 Å². The highest BCUT2D eigenvalue weighted by molar-refractivity contribution is 5.77. The number of carboxylic acids is 1. The second-order valence-electron chi connectivity index (χ2n) is 2.53. The summed E-state index contributed by atoms with van der Waals surface area (Å²) in [7, 11) is 0. The summed E-state index contributed by atoms with van der Waals surface area (Å²) < 4.78 is 0. The maximum atomic E-state index is 10.7. The Bertz CT molecular complexity index is 345. The summed E-state index contributed by atoms with van der Waals surface area (Å²) in [6.45, 7) is 0. The van der Waals surface area contributed by atoms with E-state index in [9.17, 15) is 4.79 Å². The van der Waals surface area contributed by atoms with E-state index in [1.54, 1.807) is 0 Å². The van der Waals surface area contributed by atoms with Gasteiger partial charge in [0.05, 0.1) is 6.20 Å². The number of rotatable bonds is 4. The number of nitrogens with zero attached hydrogens (tertiary/aromatic N) is 2. The van der Waals surface area contributed by atoms with Crippen LogP contribution in [0, 0.1) is 12.3 Å².